The molecule has 4 nitrogen and oxygen atoms in total. The molecule has 0 aliphatic rings. The molecule has 0 atom stereocenters. The summed E-state index contributed by atoms with van der Waals surface area (Å²) in [6.07, 6.45) is 0.783. The summed E-state index contributed by atoms with van der Waals surface area (Å²) in [6, 6.07) is 18.1. The van der Waals surface area contributed by atoms with Gasteiger partial charge in [-0.2, -0.15) is 0 Å². The summed E-state index contributed by atoms with van der Waals surface area (Å²) in [5, 5.41) is 2.93. The Morgan fingerprint density at radius 1 is 1.04 bits per heavy atom. The van der Waals surface area contributed by atoms with Gasteiger partial charge < -0.3 is 15.8 Å². The Kier molecular flexibility index (Phi) is 8.46. The zero-order chi connectivity index (χ0) is 17.4. The van der Waals surface area contributed by atoms with Gasteiger partial charge in [-0.3, -0.25) is 4.79 Å². The molecule has 0 unspecified atom stereocenters. The molecule has 0 saturated heterocycles. The third kappa shape index (κ3) is 6.77. The number of carbonyl (C=O) groups excluding carboxylic acids is 1. The van der Waals surface area contributed by atoms with Crippen LogP contribution in [0.1, 0.15) is 25.0 Å². The Bertz CT molecular complexity index is 643. The predicted molar refractivity (Wildman–Crippen MR) is 104 cm³/mol. The van der Waals surface area contributed by atoms with Gasteiger partial charge in [-0.15, -0.1) is 12.4 Å². The molecule has 0 aromatic heterocycles. The van der Waals surface area contributed by atoms with E-state index in [1.54, 1.807) is 0 Å². The molecule has 0 saturated carbocycles. The second kappa shape index (κ2) is 10.1. The van der Waals surface area contributed by atoms with Gasteiger partial charge in [0.1, 0.15) is 12.4 Å². The summed E-state index contributed by atoms with van der Waals surface area (Å²) >= 11 is 0. The molecule has 3 N–H and O–H groups in total. The molecule has 2 aromatic rings. The highest BCUT2D eigenvalue weighted by Gasteiger charge is 2.24. The van der Waals surface area contributed by atoms with Gasteiger partial charge >= 0.3 is 0 Å². The van der Waals surface area contributed by atoms with Crippen LogP contribution in [0.5, 0.6) is 5.75 Å². The Morgan fingerprint density at radius 2 is 1.68 bits per heavy atom. The summed E-state index contributed by atoms with van der Waals surface area (Å²) in [5.41, 5.74) is 7.39. The lowest BCUT2D eigenvalue weighted by molar-refractivity contribution is -0.128. The van der Waals surface area contributed by atoms with E-state index in [0.717, 1.165) is 23.3 Å². The number of amides is 1. The van der Waals surface area contributed by atoms with Gasteiger partial charge in [0.2, 0.25) is 5.91 Å². The van der Waals surface area contributed by atoms with Crippen molar-refractivity contribution >= 4 is 18.3 Å². The normalized spacial score (nSPS) is 10.7. The molecular formula is C20H27ClN2O2. The van der Waals surface area contributed by atoms with E-state index in [9.17, 15) is 4.79 Å². The standard InChI is InChI=1S/C20H26N2O2.ClH/c1-20(2,15-21)19(23)22-13-12-16-8-10-18(11-9-16)24-14-17-6-4-3-5-7-17;/h3-11H,12-15,21H2,1-2H3,(H,22,23);1H. The maximum atomic E-state index is 11.9. The van der Waals surface area contributed by atoms with E-state index in [2.05, 4.69) is 5.32 Å². The number of hydrogen-bond acceptors (Lipinski definition) is 3. The fourth-order valence-electron chi connectivity index (χ4n) is 2.15. The van der Waals surface area contributed by atoms with Crippen molar-refractivity contribution in [2.24, 2.45) is 11.1 Å². The van der Waals surface area contributed by atoms with E-state index in [0.29, 0.717) is 19.7 Å². The number of benzene rings is 2. The van der Waals surface area contributed by atoms with Crippen LogP contribution < -0.4 is 15.8 Å². The molecular weight excluding hydrogens is 336 g/mol. The van der Waals surface area contributed by atoms with E-state index in [4.69, 9.17) is 10.5 Å². The smallest absolute Gasteiger partial charge is 0.226 e. The lowest BCUT2D eigenvalue weighted by Gasteiger charge is -2.21. The molecule has 5 heteroatoms. The van der Waals surface area contributed by atoms with Crippen molar-refractivity contribution in [1.29, 1.82) is 0 Å². The topological polar surface area (TPSA) is 64.4 Å². The number of nitrogens with two attached hydrogens (primary N) is 1. The molecule has 1 amide bonds. The van der Waals surface area contributed by atoms with Crippen molar-refractivity contribution in [3.05, 3.63) is 65.7 Å². The minimum absolute atomic E-state index is 0. The molecule has 0 heterocycles. The highest BCUT2D eigenvalue weighted by Crippen LogP contribution is 2.15. The van der Waals surface area contributed by atoms with Crippen molar-refractivity contribution in [3.8, 4) is 5.75 Å². The van der Waals surface area contributed by atoms with Crippen LogP contribution in [0, 0.1) is 5.41 Å². The van der Waals surface area contributed by atoms with Crippen LogP contribution in [0.3, 0.4) is 0 Å². The second-order valence-electron chi connectivity index (χ2n) is 6.51. The van der Waals surface area contributed by atoms with Crippen molar-refractivity contribution in [2.75, 3.05) is 13.1 Å². The third-order valence-corrected chi connectivity index (χ3v) is 4.00. The van der Waals surface area contributed by atoms with Crippen LogP contribution in [0.15, 0.2) is 54.6 Å². The number of hydrogen-bond donors (Lipinski definition) is 2. The van der Waals surface area contributed by atoms with Crippen molar-refractivity contribution in [3.63, 3.8) is 0 Å². The first-order valence-electron chi connectivity index (χ1n) is 8.25. The van der Waals surface area contributed by atoms with Crippen LogP contribution in [-0.4, -0.2) is 19.0 Å². The van der Waals surface area contributed by atoms with Gasteiger partial charge in [-0.25, -0.2) is 0 Å². The Morgan fingerprint density at radius 3 is 2.28 bits per heavy atom. The number of rotatable bonds is 8. The molecule has 0 aliphatic carbocycles. The lowest BCUT2D eigenvalue weighted by atomic mass is 9.92. The van der Waals surface area contributed by atoms with Gasteiger partial charge in [0, 0.05) is 13.1 Å². The van der Waals surface area contributed by atoms with Gasteiger partial charge in [0.15, 0.2) is 0 Å². The van der Waals surface area contributed by atoms with E-state index in [1.807, 2.05) is 68.4 Å². The average Bonchev–Trinajstić information content (AvgIpc) is 2.61. The van der Waals surface area contributed by atoms with Gasteiger partial charge in [0.25, 0.3) is 0 Å². The molecule has 0 radical (unpaired) electrons. The first-order chi connectivity index (χ1) is 11.5. The summed E-state index contributed by atoms with van der Waals surface area (Å²) in [4.78, 5) is 11.9. The number of halogens is 1. The summed E-state index contributed by atoms with van der Waals surface area (Å²) in [7, 11) is 0. The van der Waals surface area contributed by atoms with Crippen molar-refractivity contribution < 1.29 is 9.53 Å². The highest BCUT2D eigenvalue weighted by atomic mass is 35.5. The van der Waals surface area contributed by atoms with Crippen LogP contribution in [0.2, 0.25) is 0 Å². The number of carbonyl (C=O) groups is 1. The molecule has 0 spiro atoms. The minimum atomic E-state index is -0.519. The SMILES string of the molecule is CC(C)(CN)C(=O)NCCc1ccc(OCc2ccccc2)cc1.Cl. The van der Waals surface area contributed by atoms with E-state index in [1.165, 1.54) is 0 Å². The molecule has 0 bridgehead atoms. The Hall–Kier alpha value is -2.04. The highest BCUT2D eigenvalue weighted by molar-refractivity contribution is 5.85. The Labute approximate surface area is 156 Å². The largest absolute Gasteiger partial charge is 0.489 e. The minimum Gasteiger partial charge on any atom is -0.489 e. The van der Waals surface area contributed by atoms with Gasteiger partial charge in [0.05, 0.1) is 5.41 Å². The third-order valence-electron chi connectivity index (χ3n) is 4.00. The molecule has 0 aliphatic heterocycles. The Balaban J connectivity index is 0.00000312. The van der Waals surface area contributed by atoms with E-state index < -0.39 is 5.41 Å². The van der Waals surface area contributed by atoms with E-state index in [-0.39, 0.29) is 18.3 Å². The van der Waals surface area contributed by atoms with Gasteiger partial charge in [-0.05, 0) is 43.5 Å². The van der Waals surface area contributed by atoms with Crippen LogP contribution in [0.25, 0.3) is 0 Å². The fourth-order valence-corrected chi connectivity index (χ4v) is 2.15. The maximum absolute atomic E-state index is 11.9. The molecule has 2 aromatic carbocycles. The van der Waals surface area contributed by atoms with Crippen LogP contribution in [-0.2, 0) is 17.8 Å². The zero-order valence-corrected chi connectivity index (χ0v) is 15.6. The average molecular weight is 363 g/mol. The predicted octanol–water partition coefficient (Wildman–Crippen LogP) is 3.33. The number of nitrogens with one attached hydrogen (secondary N) is 1. The van der Waals surface area contributed by atoms with Crippen LogP contribution >= 0.6 is 12.4 Å². The monoisotopic (exact) mass is 362 g/mol. The molecule has 0 fully saturated rings. The quantitative estimate of drug-likeness (QED) is 0.757. The maximum Gasteiger partial charge on any atom is 0.226 e. The fraction of sp³-hybridized carbons (Fsp3) is 0.350. The van der Waals surface area contributed by atoms with E-state index >= 15 is 0 Å². The van der Waals surface area contributed by atoms with Crippen molar-refractivity contribution in [1.82, 2.24) is 5.32 Å². The molecule has 136 valence electrons. The summed E-state index contributed by atoms with van der Waals surface area (Å²) in [5.74, 6) is 0.837. The summed E-state index contributed by atoms with van der Waals surface area (Å²) in [6.45, 7) is 5.20. The lowest BCUT2D eigenvalue weighted by Crippen LogP contribution is -2.42. The summed E-state index contributed by atoms with van der Waals surface area (Å²) < 4.78 is 5.77. The second-order valence-corrected chi connectivity index (χ2v) is 6.51. The first kappa shape index (κ1) is 21.0. The number of ether oxygens (including phenoxy) is 1. The van der Waals surface area contributed by atoms with Crippen LogP contribution in [0.4, 0.5) is 0 Å². The molecule has 2 rings (SSSR count). The molecule has 25 heavy (non-hydrogen) atoms. The zero-order valence-electron chi connectivity index (χ0n) is 14.8. The first-order valence-corrected chi connectivity index (χ1v) is 8.25. The van der Waals surface area contributed by atoms with Crippen molar-refractivity contribution in [2.45, 2.75) is 26.9 Å². The van der Waals surface area contributed by atoms with Gasteiger partial charge in [-0.1, -0.05) is 42.5 Å².